The summed E-state index contributed by atoms with van der Waals surface area (Å²) in [6.45, 7) is 0.589. The van der Waals surface area contributed by atoms with E-state index in [4.69, 9.17) is 0 Å². The Bertz CT molecular complexity index is 834. The van der Waals surface area contributed by atoms with Crippen molar-refractivity contribution < 1.29 is 27.5 Å². The highest BCUT2D eigenvalue weighted by Gasteiger charge is 2.34. The molecule has 5 nitrogen and oxygen atoms in total. The summed E-state index contributed by atoms with van der Waals surface area (Å²) in [5.41, 5.74) is 0.289. The van der Waals surface area contributed by atoms with Gasteiger partial charge in [-0.05, 0) is 42.5 Å². The molecule has 2 amide bonds. The maximum Gasteiger partial charge on any atom is 0.416 e. The fourth-order valence-corrected chi connectivity index (χ4v) is 2.76. The lowest BCUT2D eigenvalue weighted by atomic mass is 10.2. The Morgan fingerprint density at radius 2 is 1.62 bits per heavy atom. The van der Waals surface area contributed by atoms with Crippen LogP contribution in [-0.4, -0.2) is 32.2 Å². The highest BCUT2D eigenvalue weighted by atomic mass is 19.4. The fourth-order valence-electron chi connectivity index (χ4n) is 2.76. The summed E-state index contributed by atoms with van der Waals surface area (Å²) in [5.74, 6) is -0.491. The van der Waals surface area contributed by atoms with E-state index in [9.17, 15) is 22.8 Å². The van der Waals surface area contributed by atoms with E-state index in [1.54, 1.807) is 12.1 Å². The topological polar surface area (TPSA) is 49.9 Å². The molecule has 0 unspecified atom stereocenters. The second kappa shape index (κ2) is 6.70. The molecule has 136 valence electrons. The molecule has 26 heavy (non-hydrogen) atoms. The first-order chi connectivity index (χ1) is 12.3. The van der Waals surface area contributed by atoms with E-state index in [1.807, 2.05) is 0 Å². The molecule has 0 saturated carbocycles. The molecule has 0 N–H and O–H groups in total. The number of hydrogen-bond acceptors (Lipinski definition) is 3. The zero-order valence-electron chi connectivity index (χ0n) is 13.8. The number of carbonyl (C=O) groups is 2. The van der Waals surface area contributed by atoms with Crippen molar-refractivity contribution >= 4 is 23.4 Å². The molecule has 0 spiro atoms. The molecule has 8 heteroatoms. The number of urea groups is 1. The molecule has 0 aromatic heterocycles. The number of hydrogen-bond donors (Lipinski definition) is 0. The van der Waals surface area contributed by atoms with Crippen LogP contribution >= 0.6 is 0 Å². The number of esters is 1. The minimum absolute atomic E-state index is 0.193. The average molecular weight is 364 g/mol. The Kier molecular flexibility index (Phi) is 4.58. The minimum Gasteiger partial charge on any atom is -0.465 e. The summed E-state index contributed by atoms with van der Waals surface area (Å²) in [6, 6.07) is 10.5. The van der Waals surface area contributed by atoms with Gasteiger partial charge in [0.15, 0.2) is 0 Å². The summed E-state index contributed by atoms with van der Waals surface area (Å²) in [5, 5.41) is 0. The van der Waals surface area contributed by atoms with Crippen LogP contribution < -0.4 is 9.80 Å². The number of anilines is 2. The van der Waals surface area contributed by atoms with Crippen molar-refractivity contribution in [1.82, 2.24) is 0 Å². The SMILES string of the molecule is COC(=O)c1ccc(N2CCN(c3cccc(C(F)(F)F)c3)C2=O)cc1. The molecule has 0 bridgehead atoms. The molecule has 1 heterocycles. The number of alkyl halides is 3. The van der Waals surface area contributed by atoms with Gasteiger partial charge in [0.2, 0.25) is 0 Å². The molecule has 1 saturated heterocycles. The van der Waals surface area contributed by atoms with Crippen LogP contribution in [-0.2, 0) is 10.9 Å². The first kappa shape index (κ1) is 17.8. The lowest BCUT2D eigenvalue weighted by Gasteiger charge is -2.20. The van der Waals surface area contributed by atoms with Crippen molar-refractivity contribution in [2.24, 2.45) is 0 Å². The molecular weight excluding hydrogens is 349 g/mol. The Balaban J connectivity index is 1.81. The largest absolute Gasteiger partial charge is 0.465 e. The molecule has 0 atom stereocenters. The van der Waals surface area contributed by atoms with Gasteiger partial charge in [0, 0.05) is 24.5 Å². The third-order valence-electron chi connectivity index (χ3n) is 4.09. The van der Waals surface area contributed by atoms with E-state index < -0.39 is 23.7 Å². The van der Waals surface area contributed by atoms with Crippen molar-refractivity contribution in [3.8, 4) is 0 Å². The molecule has 3 rings (SSSR count). The second-order valence-corrected chi connectivity index (χ2v) is 5.67. The highest BCUT2D eigenvalue weighted by molar-refractivity contribution is 6.06. The van der Waals surface area contributed by atoms with Gasteiger partial charge in [-0.25, -0.2) is 9.59 Å². The van der Waals surface area contributed by atoms with Crippen molar-refractivity contribution in [2.75, 3.05) is 30.0 Å². The van der Waals surface area contributed by atoms with Gasteiger partial charge < -0.3 is 4.74 Å². The van der Waals surface area contributed by atoms with E-state index in [-0.39, 0.29) is 12.2 Å². The Morgan fingerprint density at radius 1 is 1.00 bits per heavy atom. The van der Waals surface area contributed by atoms with Gasteiger partial charge in [-0.3, -0.25) is 9.80 Å². The van der Waals surface area contributed by atoms with Crippen molar-refractivity contribution in [2.45, 2.75) is 6.18 Å². The van der Waals surface area contributed by atoms with Crippen molar-refractivity contribution in [1.29, 1.82) is 0 Å². The zero-order valence-corrected chi connectivity index (χ0v) is 13.8. The average Bonchev–Trinajstić information content (AvgIpc) is 3.02. The van der Waals surface area contributed by atoms with Gasteiger partial charge in [0.05, 0.1) is 18.2 Å². The first-order valence-electron chi connectivity index (χ1n) is 7.76. The van der Waals surface area contributed by atoms with Gasteiger partial charge in [0.25, 0.3) is 0 Å². The smallest absolute Gasteiger partial charge is 0.416 e. The number of amides is 2. The second-order valence-electron chi connectivity index (χ2n) is 5.67. The Morgan fingerprint density at radius 3 is 2.19 bits per heavy atom. The van der Waals surface area contributed by atoms with E-state index >= 15 is 0 Å². The predicted molar refractivity (Wildman–Crippen MR) is 89.3 cm³/mol. The number of methoxy groups -OCH3 is 1. The molecule has 1 fully saturated rings. The number of carbonyl (C=O) groups excluding carboxylic acids is 2. The van der Waals surface area contributed by atoms with Crippen LogP contribution in [0.2, 0.25) is 0 Å². The highest BCUT2D eigenvalue weighted by Crippen LogP contribution is 2.33. The van der Waals surface area contributed by atoms with Gasteiger partial charge in [0.1, 0.15) is 0 Å². The van der Waals surface area contributed by atoms with Crippen LogP contribution in [0.1, 0.15) is 15.9 Å². The van der Waals surface area contributed by atoms with Gasteiger partial charge in [-0.1, -0.05) is 6.07 Å². The summed E-state index contributed by atoms with van der Waals surface area (Å²) < 4.78 is 43.2. The summed E-state index contributed by atoms with van der Waals surface area (Å²) >= 11 is 0. The maximum atomic E-state index is 12.9. The number of rotatable bonds is 3. The van der Waals surface area contributed by atoms with Crippen LogP contribution in [0, 0.1) is 0 Å². The third-order valence-corrected chi connectivity index (χ3v) is 4.09. The monoisotopic (exact) mass is 364 g/mol. The van der Waals surface area contributed by atoms with Crippen LogP contribution in [0.4, 0.5) is 29.3 Å². The van der Waals surface area contributed by atoms with E-state index in [1.165, 1.54) is 41.2 Å². The first-order valence-corrected chi connectivity index (χ1v) is 7.76. The molecule has 1 aliphatic rings. The number of benzene rings is 2. The van der Waals surface area contributed by atoms with Crippen LogP contribution in [0.3, 0.4) is 0 Å². The van der Waals surface area contributed by atoms with E-state index in [0.29, 0.717) is 17.8 Å². The summed E-state index contributed by atoms with van der Waals surface area (Å²) in [4.78, 5) is 26.8. The lowest BCUT2D eigenvalue weighted by molar-refractivity contribution is -0.137. The zero-order chi connectivity index (χ0) is 18.9. The van der Waals surface area contributed by atoms with Crippen molar-refractivity contribution in [3.05, 3.63) is 59.7 Å². The molecule has 0 aliphatic carbocycles. The quantitative estimate of drug-likeness (QED) is 0.775. The Hall–Kier alpha value is -3.03. The van der Waals surface area contributed by atoms with E-state index in [0.717, 1.165) is 12.1 Å². The number of ether oxygens (including phenoxy) is 1. The van der Waals surface area contributed by atoms with Gasteiger partial charge >= 0.3 is 18.2 Å². The van der Waals surface area contributed by atoms with Gasteiger partial charge in [-0.15, -0.1) is 0 Å². The molecule has 0 radical (unpaired) electrons. The van der Waals surface area contributed by atoms with Crippen LogP contribution in [0.5, 0.6) is 0 Å². The molecule has 2 aromatic carbocycles. The maximum absolute atomic E-state index is 12.9. The minimum atomic E-state index is -4.47. The fraction of sp³-hybridized carbons (Fsp3) is 0.222. The van der Waals surface area contributed by atoms with Crippen LogP contribution in [0.15, 0.2) is 48.5 Å². The molecule has 2 aromatic rings. The lowest BCUT2D eigenvalue weighted by Crippen LogP contribution is -2.31. The van der Waals surface area contributed by atoms with E-state index in [2.05, 4.69) is 4.74 Å². The number of halogens is 3. The number of nitrogens with zero attached hydrogens (tertiary/aromatic N) is 2. The third kappa shape index (κ3) is 3.35. The molecular formula is C18H15F3N2O3. The summed E-state index contributed by atoms with van der Waals surface area (Å²) in [7, 11) is 1.27. The Labute approximate surface area is 147 Å². The van der Waals surface area contributed by atoms with Gasteiger partial charge in [-0.2, -0.15) is 13.2 Å². The normalized spacial score (nSPS) is 14.7. The van der Waals surface area contributed by atoms with Crippen molar-refractivity contribution in [3.63, 3.8) is 0 Å². The predicted octanol–water partition coefficient (Wildman–Crippen LogP) is 3.94. The van der Waals surface area contributed by atoms with Crippen LogP contribution in [0.25, 0.3) is 0 Å². The molecule has 1 aliphatic heterocycles. The summed E-state index contributed by atoms with van der Waals surface area (Å²) in [6.07, 6.45) is -4.47. The standard InChI is InChI=1S/C18H15F3N2O3/c1-26-16(24)12-5-7-14(8-6-12)22-9-10-23(17(22)25)15-4-2-3-13(11-15)18(19,20)21/h2-8,11H,9-10H2,1H3.